The van der Waals surface area contributed by atoms with Gasteiger partial charge in [0.1, 0.15) is 0 Å². The summed E-state index contributed by atoms with van der Waals surface area (Å²) in [6.45, 7) is 8.26. The van der Waals surface area contributed by atoms with Gasteiger partial charge in [-0.05, 0) is 50.5 Å². The lowest BCUT2D eigenvalue weighted by Gasteiger charge is -2.06. The van der Waals surface area contributed by atoms with Crippen molar-refractivity contribution in [1.82, 2.24) is 9.78 Å². The Hall–Kier alpha value is -2.55. The summed E-state index contributed by atoms with van der Waals surface area (Å²) in [6, 6.07) is 14.4. The molecule has 23 heavy (non-hydrogen) atoms. The van der Waals surface area contributed by atoms with Crippen LogP contribution in [0.15, 0.2) is 42.5 Å². The highest BCUT2D eigenvalue weighted by Gasteiger charge is 2.18. The second kappa shape index (κ2) is 5.92. The zero-order valence-corrected chi connectivity index (χ0v) is 14.1. The van der Waals surface area contributed by atoms with Crippen LogP contribution >= 0.6 is 0 Å². The van der Waals surface area contributed by atoms with E-state index in [0.29, 0.717) is 0 Å². The first kappa shape index (κ1) is 15.3. The van der Waals surface area contributed by atoms with Crippen molar-refractivity contribution in [1.29, 1.82) is 0 Å². The van der Waals surface area contributed by atoms with Gasteiger partial charge in [-0.15, -0.1) is 0 Å². The molecule has 0 spiro atoms. The van der Waals surface area contributed by atoms with Crippen LogP contribution in [-0.4, -0.2) is 14.9 Å². The minimum Gasteiger partial charge on any atom is -0.493 e. The summed E-state index contributed by atoms with van der Waals surface area (Å²) in [5.74, 6) is 0.228. The van der Waals surface area contributed by atoms with Gasteiger partial charge in [0.25, 0.3) is 0 Å². The molecule has 1 aromatic heterocycles. The number of hydrogen-bond donors (Lipinski definition) is 1. The van der Waals surface area contributed by atoms with Crippen molar-refractivity contribution in [2.45, 2.75) is 34.1 Å². The zero-order chi connectivity index (χ0) is 16.6. The van der Waals surface area contributed by atoms with Crippen molar-refractivity contribution in [3.8, 4) is 22.8 Å². The second-order valence-corrected chi connectivity index (χ2v) is 6.05. The maximum atomic E-state index is 10.6. The number of aryl methyl sites for hydroxylation is 3. The molecule has 0 aliphatic rings. The van der Waals surface area contributed by atoms with Gasteiger partial charge in [0, 0.05) is 11.1 Å². The Morgan fingerprint density at radius 3 is 2.26 bits per heavy atom. The van der Waals surface area contributed by atoms with E-state index in [1.807, 2.05) is 13.0 Å². The average Bonchev–Trinajstić information content (AvgIpc) is 2.87. The van der Waals surface area contributed by atoms with E-state index in [-0.39, 0.29) is 5.88 Å². The third kappa shape index (κ3) is 2.74. The smallest absolute Gasteiger partial charge is 0.218 e. The Kier molecular flexibility index (Phi) is 3.95. The van der Waals surface area contributed by atoms with Crippen LogP contribution in [-0.2, 0) is 6.42 Å². The van der Waals surface area contributed by atoms with E-state index < -0.39 is 0 Å². The van der Waals surface area contributed by atoms with Crippen molar-refractivity contribution >= 4 is 0 Å². The number of aromatic nitrogens is 2. The van der Waals surface area contributed by atoms with Crippen LogP contribution in [0.25, 0.3) is 16.9 Å². The van der Waals surface area contributed by atoms with Crippen molar-refractivity contribution in [3.05, 3.63) is 64.7 Å². The standard InChI is InChI=1S/C20H22N2O/c1-5-18-19(16-9-6-13(2)7-10-16)21-22(20(18)23)17-11-8-14(3)15(4)12-17/h6-12,23H,5H2,1-4H3. The molecule has 0 radical (unpaired) electrons. The van der Waals surface area contributed by atoms with E-state index in [2.05, 4.69) is 62.3 Å². The highest BCUT2D eigenvalue weighted by atomic mass is 16.3. The maximum absolute atomic E-state index is 10.6. The van der Waals surface area contributed by atoms with Gasteiger partial charge in [-0.1, -0.05) is 42.8 Å². The number of aromatic hydroxyl groups is 1. The lowest BCUT2D eigenvalue weighted by Crippen LogP contribution is -1.97. The molecule has 3 rings (SSSR count). The molecule has 3 aromatic rings. The van der Waals surface area contributed by atoms with Crippen LogP contribution in [0.5, 0.6) is 5.88 Å². The first-order valence-electron chi connectivity index (χ1n) is 7.96. The van der Waals surface area contributed by atoms with Crippen molar-refractivity contribution in [2.24, 2.45) is 0 Å². The van der Waals surface area contributed by atoms with E-state index in [9.17, 15) is 5.11 Å². The predicted molar refractivity (Wildman–Crippen MR) is 94.3 cm³/mol. The van der Waals surface area contributed by atoms with E-state index in [1.54, 1.807) is 4.68 Å². The Bertz CT molecular complexity index is 845. The third-order valence-electron chi connectivity index (χ3n) is 4.37. The van der Waals surface area contributed by atoms with Gasteiger partial charge in [-0.2, -0.15) is 5.10 Å². The molecule has 2 aromatic carbocycles. The fraction of sp³-hybridized carbons (Fsp3) is 0.250. The Morgan fingerprint density at radius 1 is 0.957 bits per heavy atom. The molecule has 0 atom stereocenters. The molecule has 3 nitrogen and oxygen atoms in total. The van der Waals surface area contributed by atoms with Gasteiger partial charge in [-0.3, -0.25) is 0 Å². The van der Waals surface area contributed by atoms with Crippen molar-refractivity contribution in [3.63, 3.8) is 0 Å². The summed E-state index contributed by atoms with van der Waals surface area (Å²) in [5, 5.41) is 15.3. The largest absolute Gasteiger partial charge is 0.493 e. The van der Waals surface area contributed by atoms with Crippen LogP contribution in [0, 0.1) is 20.8 Å². The fourth-order valence-electron chi connectivity index (χ4n) is 2.75. The molecule has 118 valence electrons. The number of nitrogens with zero attached hydrogens (tertiary/aromatic N) is 2. The van der Waals surface area contributed by atoms with Crippen LogP contribution in [0.4, 0.5) is 0 Å². The Labute approximate surface area is 137 Å². The van der Waals surface area contributed by atoms with Gasteiger partial charge in [-0.25, -0.2) is 4.68 Å². The molecule has 0 unspecified atom stereocenters. The molecular weight excluding hydrogens is 284 g/mol. The lowest BCUT2D eigenvalue weighted by molar-refractivity contribution is 0.428. The zero-order valence-electron chi connectivity index (χ0n) is 14.1. The van der Waals surface area contributed by atoms with Gasteiger partial charge in [0.05, 0.1) is 11.4 Å². The summed E-state index contributed by atoms with van der Waals surface area (Å²) < 4.78 is 1.64. The lowest BCUT2D eigenvalue weighted by atomic mass is 10.0. The molecule has 0 saturated carbocycles. The molecule has 0 amide bonds. The third-order valence-corrected chi connectivity index (χ3v) is 4.37. The fourth-order valence-corrected chi connectivity index (χ4v) is 2.75. The molecule has 0 aliphatic carbocycles. The minimum absolute atomic E-state index is 0.228. The van der Waals surface area contributed by atoms with E-state index in [4.69, 9.17) is 0 Å². The van der Waals surface area contributed by atoms with Crippen LogP contribution in [0.1, 0.15) is 29.2 Å². The molecule has 1 heterocycles. The van der Waals surface area contributed by atoms with E-state index in [0.717, 1.165) is 28.9 Å². The summed E-state index contributed by atoms with van der Waals surface area (Å²) in [6.07, 6.45) is 0.736. The Morgan fingerprint density at radius 2 is 1.65 bits per heavy atom. The molecule has 0 aliphatic heterocycles. The van der Waals surface area contributed by atoms with Gasteiger partial charge < -0.3 is 5.11 Å². The number of benzene rings is 2. The summed E-state index contributed by atoms with van der Waals surface area (Å²) in [4.78, 5) is 0. The molecule has 1 N–H and O–H groups in total. The quantitative estimate of drug-likeness (QED) is 0.759. The molecule has 0 saturated heterocycles. The van der Waals surface area contributed by atoms with Crippen molar-refractivity contribution in [2.75, 3.05) is 0 Å². The van der Waals surface area contributed by atoms with Gasteiger partial charge >= 0.3 is 0 Å². The summed E-state index contributed by atoms with van der Waals surface area (Å²) >= 11 is 0. The van der Waals surface area contributed by atoms with E-state index in [1.165, 1.54) is 16.7 Å². The van der Waals surface area contributed by atoms with Crippen LogP contribution in [0.3, 0.4) is 0 Å². The normalized spacial score (nSPS) is 11.0. The first-order valence-corrected chi connectivity index (χ1v) is 7.96. The second-order valence-electron chi connectivity index (χ2n) is 6.05. The minimum atomic E-state index is 0.228. The molecular formula is C20H22N2O. The van der Waals surface area contributed by atoms with Crippen LogP contribution in [0.2, 0.25) is 0 Å². The van der Waals surface area contributed by atoms with E-state index >= 15 is 0 Å². The molecule has 3 heteroatoms. The van der Waals surface area contributed by atoms with Crippen LogP contribution < -0.4 is 0 Å². The monoisotopic (exact) mass is 306 g/mol. The summed E-state index contributed by atoms with van der Waals surface area (Å²) in [5.41, 5.74) is 7.28. The average molecular weight is 306 g/mol. The highest BCUT2D eigenvalue weighted by molar-refractivity contribution is 5.66. The SMILES string of the molecule is CCc1c(-c2ccc(C)cc2)nn(-c2ccc(C)c(C)c2)c1O. The highest BCUT2D eigenvalue weighted by Crippen LogP contribution is 2.32. The summed E-state index contributed by atoms with van der Waals surface area (Å²) in [7, 11) is 0. The topological polar surface area (TPSA) is 38.0 Å². The first-order chi connectivity index (χ1) is 11.0. The number of rotatable bonds is 3. The Balaban J connectivity index is 2.16. The van der Waals surface area contributed by atoms with Gasteiger partial charge in [0.2, 0.25) is 5.88 Å². The van der Waals surface area contributed by atoms with Gasteiger partial charge in [0.15, 0.2) is 0 Å². The number of hydrogen-bond acceptors (Lipinski definition) is 2. The van der Waals surface area contributed by atoms with Crippen molar-refractivity contribution < 1.29 is 5.11 Å². The molecule has 0 fully saturated rings. The predicted octanol–water partition coefficient (Wildman–Crippen LogP) is 4.73. The molecule has 0 bridgehead atoms. The maximum Gasteiger partial charge on any atom is 0.218 e.